The molecule has 2 bridgehead atoms. The Hall–Kier alpha value is -2.44. The van der Waals surface area contributed by atoms with Crippen LogP contribution in [-0.2, 0) is 6.54 Å². The standard InChI is InChI=1S/C25H33N3O3/c29-20-25-10-4-6-14-28(24(30)22-8-3-5-13-26-22)17-18-31-23-9-2-1-7-21(23)19-27(15-11-25)16-12-25/h1-3,5,7-9,13,29H,4,6,10-12,14-20H2. The monoisotopic (exact) mass is 423 g/mol. The fourth-order valence-corrected chi connectivity index (χ4v) is 4.72. The van der Waals surface area contributed by atoms with Gasteiger partial charge in [-0.2, -0.15) is 0 Å². The average molecular weight is 424 g/mol. The topological polar surface area (TPSA) is 65.9 Å². The Morgan fingerprint density at radius 1 is 1.00 bits per heavy atom. The van der Waals surface area contributed by atoms with E-state index in [4.69, 9.17) is 4.74 Å². The van der Waals surface area contributed by atoms with Crippen LogP contribution in [0.2, 0.25) is 0 Å². The van der Waals surface area contributed by atoms with E-state index < -0.39 is 0 Å². The Morgan fingerprint density at radius 2 is 1.81 bits per heavy atom. The molecule has 0 aliphatic carbocycles. The van der Waals surface area contributed by atoms with Gasteiger partial charge in [-0.3, -0.25) is 14.7 Å². The Morgan fingerprint density at radius 3 is 2.58 bits per heavy atom. The number of hydrogen-bond donors (Lipinski definition) is 1. The molecular formula is C25H33N3O3. The maximum absolute atomic E-state index is 13.0. The molecule has 3 aliphatic rings. The molecular weight excluding hydrogens is 390 g/mol. The van der Waals surface area contributed by atoms with E-state index in [0.717, 1.165) is 57.5 Å². The second-order valence-electron chi connectivity index (χ2n) is 8.85. The normalized spacial score (nSPS) is 25.1. The minimum Gasteiger partial charge on any atom is -0.491 e. The summed E-state index contributed by atoms with van der Waals surface area (Å²) in [6.45, 7) is 4.76. The van der Waals surface area contributed by atoms with Crippen molar-refractivity contribution < 1.29 is 14.6 Å². The number of benzene rings is 1. The van der Waals surface area contributed by atoms with Crippen LogP contribution in [0.5, 0.6) is 5.75 Å². The molecule has 3 aliphatic heterocycles. The van der Waals surface area contributed by atoms with E-state index in [9.17, 15) is 9.90 Å². The zero-order valence-corrected chi connectivity index (χ0v) is 18.2. The molecule has 31 heavy (non-hydrogen) atoms. The third-order valence-electron chi connectivity index (χ3n) is 6.79. The molecule has 1 fully saturated rings. The summed E-state index contributed by atoms with van der Waals surface area (Å²) < 4.78 is 6.15. The second kappa shape index (κ2) is 10.2. The number of para-hydroxylation sites is 1. The van der Waals surface area contributed by atoms with Crippen molar-refractivity contribution >= 4 is 5.91 Å². The van der Waals surface area contributed by atoms with Gasteiger partial charge in [0, 0.05) is 31.5 Å². The minimum absolute atomic E-state index is 0.0164. The highest BCUT2D eigenvalue weighted by Gasteiger charge is 2.34. The third kappa shape index (κ3) is 5.43. The van der Waals surface area contributed by atoms with Crippen LogP contribution in [0.15, 0.2) is 48.7 Å². The molecule has 4 heterocycles. The van der Waals surface area contributed by atoms with Crippen molar-refractivity contribution in [1.82, 2.24) is 14.8 Å². The number of rotatable bonds is 2. The lowest BCUT2D eigenvalue weighted by atomic mass is 9.75. The zero-order chi connectivity index (χ0) is 21.5. The highest BCUT2D eigenvalue weighted by atomic mass is 16.5. The Bertz CT molecular complexity index is 850. The highest BCUT2D eigenvalue weighted by Crippen LogP contribution is 2.37. The van der Waals surface area contributed by atoms with Gasteiger partial charge in [0.2, 0.25) is 0 Å². The van der Waals surface area contributed by atoms with Crippen LogP contribution in [0, 0.1) is 5.41 Å². The van der Waals surface area contributed by atoms with E-state index in [-0.39, 0.29) is 17.9 Å². The lowest BCUT2D eigenvalue weighted by Crippen LogP contribution is -2.41. The van der Waals surface area contributed by atoms with E-state index in [1.165, 1.54) is 5.56 Å². The van der Waals surface area contributed by atoms with Crippen molar-refractivity contribution in [3.8, 4) is 5.75 Å². The molecule has 6 nitrogen and oxygen atoms in total. The van der Waals surface area contributed by atoms with Crippen molar-refractivity contribution in [2.24, 2.45) is 5.41 Å². The van der Waals surface area contributed by atoms with Crippen LogP contribution >= 0.6 is 0 Å². The first-order valence-electron chi connectivity index (χ1n) is 11.4. The molecule has 1 saturated heterocycles. The summed E-state index contributed by atoms with van der Waals surface area (Å²) in [5, 5.41) is 10.2. The average Bonchev–Trinajstić information content (AvgIpc) is 2.83. The summed E-state index contributed by atoms with van der Waals surface area (Å²) in [4.78, 5) is 21.6. The molecule has 1 aromatic heterocycles. The molecule has 5 rings (SSSR count). The van der Waals surface area contributed by atoms with Crippen LogP contribution in [0.25, 0.3) is 0 Å². The summed E-state index contributed by atoms with van der Waals surface area (Å²) >= 11 is 0. The number of fused-ring (bicyclic) bond motifs is 9. The van der Waals surface area contributed by atoms with Crippen molar-refractivity contribution in [1.29, 1.82) is 0 Å². The largest absolute Gasteiger partial charge is 0.491 e. The van der Waals surface area contributed by atoms with Crippen molar-refractivity contribution in [2.75, 3.05) is 39.4 Å². The lowest BCUT2D eigenvalue weighted by Gasteiger charge is -2.41. The van der Waals surface area contributed by atoms with Crippen LogP contribution in [0.3, 0.4) is 0 Å². The summed E-state index contributed by atoms with van der Waals surface area (Å²) in [6, 6.07) is 13.6. The number of ether oxygens (including phenoxy) is 1. The number of piperidine rings is 1. The fourth-order valence-electron chi connectivity index (χ4n) is 4.72. The number of amides is 1. The van der Waals surface area contributed by atoms with E-state index >= 15 is 0 Å². The summed E-state index contributed by atoms with van der Waals surface area (Å²) in [5.74, 6) is 0.840. The van der Waals surface area contributed by atoms with Crippen LogP contribution in [0.1, 0.15) is 48.2 Å². The zero-order valence-electron chi connectivity index (χ0n) is 18.2. The Labute approximate surface area is 184 Å². The number of carbonyl (C=O) groups excluding carboxylic acids is 1. The smallest absolute Gasteiger partial charge is 0.272 e. The first-order valence-corrected chi connectivity index (χ1v) is 11.4. The number of aromatic nitrogens is 1. The summed E-state index contributed by atoms with van der Waals surface area (Å²) in [7, 11) is 0. The predicted molar refractivity (Wildman–Crippen MR) is 120 cm³/mol. The Balaban J connectivity index is 1.53. The van der Waals surface area contributed by atoms with Crippen molar-refractivity contribution in [2.45, 2.75) is 38.6 Å². The molecule has 0 saturated carbocycles. The Kier molecular flexibility index (Phi) is 7.20. The maximum Gasteiger partial charge on any atom is 0.272 e. The van der Waals surface area contributed by atoms with E-state index in [2.05, 4.69) is 22.0 Å². The molecule has 1 aromatic carbocycles. The van der Waals surface area contributed by atoms with E-state index in [0.29, 0.717) is 25.4 Å². The number of hydrogen-bond acceptors (Lipinski definition) is 5. The van der Waals surface area contributed by atoms with Gasteiger partial charge >= 0.3 is 0 Å². The maximum atomic E-state index is 13.0. The number of pyridine rings is 1. The van der Waals surface area contributed by atoms with Gasteiger partial charge in [-0.05, 0) is 62.4 Å². The van der Waals surface area contributed by atoms with Crippen molar-refractivity contribution in [3.05, 3.63) is 59.9 Å². The van der Waals surface area contributed by atoms with Gasteiger partial charge in [-0.25, -0.2) is 0 Å². The third-order valence-corrected chi connectivity index (χ3v) is 6.79. The molecule has 0 unspecified atom stereocenters. The van der Waals surface area contributed by atoms with Gasteiger partial charge in [0.1, 0.15) is 18.1 Å². The highest BCUT2D eigenvalue weighted by molar-refractivity contribution is 5.92. The van der Waals surface area contributed by atoms with Crippen LogP contribution < -0.4 is 4.74 Å². The van der Waals surface area contributed by atoms with E-state index in [1.54, 1.807) is 12.3 Å². The van der Waals surface area contributed by atoms with Crippen LogP contribution in [0.4, 0.5) is 0 Å². The molecule has 166 valence electrons. The number of carbonyl (C=O) groups is 1. The van der Waals surface area contributed by atoms with Gasteiger partial charge in [-0.15, -0.1) is 0 Å². The van der Waals surface area contributed by atoms with Gasteiger partial charge in [-0.1, -0.05) is 30.7 Å². The van der Waals surface area contributed by atoms with Gasteiger partial charge < -0.3 is 14.7 Å². The van der Waals surface area contributed by atoms with E-state index in [1.807, 2.05) is 29.2 Å². The fraction of sp³-hybridized carbons (Fsp3) is 0.520. The first kappa shape index (κ1) is 21.8. The quantitative estimate of drug-likeness (QED) is 0.802. The van der Waals surface area contributed by atoms with Gasteiger partial charge in [0.15, 0.2) is 0 Å². The number of aliphatic hydroxyl groups is 1. The van der Waals surface area contributed by atoms with Crippen LogP contribution in [-0.4, -0.2) is 65.2 Å². The molecule has 0 radical (unpaired) electrons. The van der Waals surface area contributed by atoms with Crippen molar-refractivity contribution in [3.63, 3.8) is 0 Å². The molecule has 0 spiro atoms. The summed E-state index contributed by atoms with van der Waals surface area (Å²) in [5.41, 5.74) is 1.67. The second-order valence-corrected chi connectivity index (χ2v) is 8.85. The van der Waals surface area contributed by atoms with Gasteiger partial charge in [0.05, 0.1) is 6.54 Å². The molecule has 0 atom stereocenters. The lowest BCUT2D eigenvalue weighted by molar-refractivity contribution is 0.0319. The minimum atomic E-state index is -0.0503. The predicted octanol–water partition coefficient (Wildman–Crippen LogP) is 3.36. The SMILES string of the molecule is O=C(c1ccccn1)N1CCCCC2(CO)CCN(CC2)Cc2ccccc2OCC1. The molecule has 1 N–H and O–H groups in total. The first-order chi connectivity index (χ1) is 15.2. The van der Waals surface area contributed by atoms with Gasteiger partial charge in [0.25, 0.3) is 5.91 Å². The number of nitrogens with zero attached hydrogens (tertiary/aromatic N) is 3. The number of aliphatic hydroxyl groups excluding tert-OH is 1. The summed E-state index contributed by atoms with van der Waals surface area (Å²) in [6.07, 6.45) is 6.63. The molecule has 2 aromatic rings. The molecule has 6 heteroatoms. The molecule has 1 amide bonds.